The predicted octanol–water partition coefficient (Wildman–Crippen LogP) is 8.26. The predicted molar refractivity (Wildman–Crippen MR) is 288 cm³/mol. The average molecular weight is 1030 g/mol. The number of anilines is 2. The quantitative estimate of drug-likeness (QED) is 0.108. The third-order valence-electron chi connectivity index (χ3n) is 16.3. The van der Waals surface area contributed by atoms with Crippen molar-refractivity contribution in [3.63, 3.8) is 0 Å². The zero-order valence-corrected chi connectivity index (χ0v) is 44.0. The molecule has 4 aliphatic heterocycles. The van der Waals surface area contributed by atoms with Crippen LogP contribution in [0, 0.1) is 25.2 Å². The number of phenols is 1. The second-order valence-corrected chi connectivity index (χ2v) is 20.9. The van der Waals surface area contributed by atoms with Gasteiger partial charge < -0.3 is 33.7 Å². The second-order valence-electron chi connectivity index (χ2n) is 20.9. The van der Waals surface area contributed by atoms with Crippen molar-refractivity contribution in [2.75, 3.05) is 77.0 Å². The van der Waals surface area contributed by atoms with Gasteiger partial charge in [0.25, 0.3) is 18.2 Å². The first-order valence-electron chi connectivity index (χ1n) is 26.6. The number of rotatable bonds is 15. The van der Waals surface area contributed by atoms with Crippen LogP contribution in [0.25, 0.3) is 11.3 Å². The summed E-state index contributed by atoms with van der Waals surface area (Å²) in [5.41, 5.74) is 10.4. The van der Waals surface area contributed by atoms with Crippen LogP contribution in [0.4, 0.5) is 20.2 Å². The standard InChI is InChI=1S/C60H67F2N9O5/c1-40-52(60(75)71(47-13-15-50(72)16-14-47)55-33-48(35-63)64(3)41(55)2)34-56(65(40)4)53-31-44-19-22-69(58(73)29-42-11-17-51(18-12-42)76-28-27-66-23-25-68(26-24-66)39-57(61)62)36-46(44)32-54(53)59(74)70-37-45-10-6-5-9-43(45)30-49(70)38-67-20-7-8-21-67/h5-6,9-18,31-34,49,57,72H,7-8,19-30,36-39H2,1-4H3/t49-/m0/s1. The maximum absolute atomic E-state index is 15.7. The van der Waals surface area contributed by atoms with Gasteiger partial charge in [-0.2, -0.15) is 5.26 Å². The number of alkyl halides is 2. The molecule has 4 aromatic carbocycles. The summed E-state index contributed by atoms with van der Waals surface area (Å²) in [7, 11) is 3.71. The fourth-order valence-corrected chi connectivity index (χ4v) is 11.6. The van der Waals surface area contributed by atoms with E-state index >= 15 is 9.59 Å². The van der Waals surface area contributed by atoms with E-state index in [0.29, 0.717) is 109 Å². The molecular formula is C60H67F2N9O5. The molecule has 2 aromatic heterocycles. The van der Waals surface area contributed by atoms with Crippen molar-refractivity contribution < 1.29 is 33.0 Å². The van der Waals surface area contributed by atoms with Crippen LogP contribution in [-0.4, -0.2) is 141 Å². The number of nitriles is 1. The maximum Gasteiger partial charge on any atom is 0.264 e. The Bertz CT molecular complexity index is 3150. The van der Waals surface area contributed by atoms with Crippen LogP contribution in [0.1, 0.15) is 78.5 Å². The van der Waals surface area contributed by atoms with E-state index in [0.717, 1.165) is 74.2 Å². The van der Waals surface area contributed by atoms with Crippen LogP contribution in [0.15, 0.2) is 97.1 Å². The first-order valence-corrected chi connectivity index (χ1v) is 26.6. The Morgan fingerprint density at radius 3 is 2.17 bits per heavy atom. The molecule has 0 saturated carbocycles. The zero-order chi connectivity index (χ0) is 53.2. The fraction of sp³-hybridized carbons (Fsp3) is 0.400. The number of phenolic OH excluding ortho intramolecular Hbond substituents is 1. The van der Waals surface area contributed by atoms with Crippen molar-refractivity contribution in [1.29, 1.82) is 5.26 Å². The number of hydrogen-bond acceptors (Lipinski definition) is 9. The van der Waals surface area contributed by atoms with E-state index < -0.39 is 6.43 Å². The highest BCUT2D eigenvalue weighted by Crippen LogP contribution is 2.39. The molecule has 14 nitrogen and oxygen atoms in total. The number of amides is 3. The van der Waals surface area contributed by atoms with Crippen LogP contribution < -0.4 is 9.64 Å². The summed E-state index contributed by atoms with van der Waals surface area (Å²) in [6.45, 7) is 11.5. The van der Waals surface area contributed by atoms with Crippen molar-refractivity contribution in [2.45, 2.75) is 71.5 Å². The van der Waals surface area contributed by atoms with Gasteiger partial charge in [0.1, 0.15) is 29.9 Å². The largest absolute Gasteiger partial charge is 0.508 e. The van der Waals surface area contributed by atoms with Gasteiger partial charge in [-0.3, -0.25) is 29.1 Å². The first kappa shape index (κ1) is 52.1. The van der Waals surface area contributed by atoms with Crippen molar-refractivity contribution in [1.82, 2.24) is 33.6 Å². The van der Waals surface area contributed by atoms with Crippen molar-refractivity contribution >= 4 is 29.1 Å². The highest BCUT2D eigenvalue weighted by molar-refractivity contribution is 6.13. The minimum atomic E-state index is -2.32. The molecule has 396 valence electrons. The van der Waals surface area contributed by atoms with E-state index in [1.807, 2.05) is 77.7 Å². The molecule has 4 aliphatic rings. The van der Waals surface area contributed by atoms with Gasteiger partial charge in [0.15, 0.2) is 0 Å². The van der Waals surface area contributed by atoms with E-state index in [1.165, 1.54) is 17.7 Å². The Morgan fingerprint density at radius 1 is 0.763 bits per heavy atom. The minimum absolute atomic E-state index is 0.0180. The highest BCUT2D eigenvalue weighted by Gasteiger charge is 2.36. The van der Waals surface area contributed by atoms with Crippen molar-refractivity contribution in [3.8, 4) is 28.8 Å². The third kappa shape index (κ3) is 11.0. The SMILES string of the molecule is Cc1c(N(C(=O)c2cc(-c3cc4c(cc3C(=O)N3Cc5ccccc5C[C@H]3CN3CCCC3)CN(C(=O)Cc3ccc(OCCN5CCN(CC(F)F)CC5)cc3)CC4)n(C)c2C)c2ccc(O)cc2)cc(C#N)n1C. The first-order chi connectivity index (χ1) is 36.7. The lowest BCUT2D eigenvalue weighted by atomic mass is 9.89. The number of carbonyl (C=O) groups excluding carboxylic acids is 3. The summed E-state index contributed by atoms with van der Waals surface area (Å²) in [5, 5.41) is 20.3. The molecule has 0 bridgehead atoms. The van der Waals surface area contributed by atoms with Gasteiger partial charge in [-0.25, -0.2) is 8.78 Å². The molecule has 1 N–H and O–H groups in total. The van der Waals surface area contributed by atoms with Crippen LogP contribution in [0.5, 0.6) is 11.5 Å². The smallest absolute Gasteiger partial charge is 0.264 e. The van der Waals surface area contributed by atoms with Gasteiger partial charge in [0, 0.05) is 113 Å². The van der Waals surface area contributed by atoms with Gasteiger partial charge in [-0.1, -0.05) is 36.4 Å². The normalized spacial score (nSPS) is 17.2. The summed E-state index contributed by atoms with van der Waals surface area (Å²) in [4.78, 5) is 57.1. The molecular weight excluding hydrogens is 965 g/mol. The molecule has 16 heteroatoms. The van der Waals surface area contributed by atoms with Gasteiger partial charge in [0.2, 0.25) is 5.91 Å². The second kappa shape index (κ2) is 22.5. The Kier molecular flexibility index (Phi) is 15.4. The van der Waals surface area contributed by atoms with Gasteiger partial charge in [-0.15, -0.1) is 0 Å². The van der Waals surface area contributed by atoms with Crippen LogP contribution >= 0.6 is 0 Å². The molecule has 1 atom stereocenters. The van der Waals surface area contributed by atoms with Gasteiger partial charge >= 0.3 is 0 Å². The lowest BCUT2D eigenvalue weighted by Gasteiger charge is -2.39. The summed E-state index contributed by atoms with van der Waals surface area (Å²) < 4.78 is 35.4. The highest BCUT2D eigenvalue weighted by atomic mass is 19.3. The van der Waals surface area contributed by atoms with Crippen molar-refractivity contribution in [3.05, 3.63) is 153 Å². The molecule has 3 amide bonds. The topological polar surface area (TPSA) is 134 Å². The third-order valence-corrected chi connectivity index (χ3v) is 16.3. The molecule has 76 heavy (non-hydrogen) atoms. The molecule has 0 aliphatic carbocycles. The van der Waals surface area contributed by atoms with Crippen LogP contribution in [0.2, 0.25) is 0 Å². The van der Waals surface area contributed by atoms with E-state index in [-0.39, 0.29) is 42.5 Å². The molecule has 2 fully saturated rings. The number of nitrogens with zero attached hydrogens (tertiary/aromatic N) is 9. The van der Waals surface area contributed by atoms with E-state index in [9.17, 15) is 23.9 Å². The van der Waals surface area contributed by atoms with Gasteiger partial charge in [0.05, 0.1) is 24.2 Å². The molecule has 0 radical (unpaired) electrons. The fourth-order valence-electron chi connectivity index (χ4n) is 11.6. The number of aromatic hydroxyl groups is 1. The Labute approximate surface area is 443 Å². The number of ether oxygens (including phenoxy) is 1. The summed E-state index contributed by atoms with van der Waals surface area (Å²) in [6, 6.07) is 32.2. The molecule has 6 heterocycles. The molecule has 2 saturated heterocycles. The van der Waals surface area contributed by atoms with E-state index in [1.54, 1.807) is 39.6 Å². The van der Waals surface area contributed by atoms with Crippen LogP contribution in [0.3, 0.4) is 0 Å². The lowest BCUT2D eigenvalue weighted by Crippen LogP contribution is -2.49. The minimum Gasteiger partial charge on any atom is -0.508 e. The number of carbonyl (C=O) groups is 3. The Hall–Kier alpha value is -7.32. The molecule has 0 unspecified atom stereocenters. The van der Waals surface area contributed by atoms with E-state index in [4.69, 9.17) is 4.74 Å². The van der Waals surface area contributed by atoms with E-state index in [2.05, 4.69) is 40.1 Å². The van der Waals surface area contributed by atoms with Crippen LogP contribution in [-0.2, 0) is 51.2 Å². The average Bonchev–Trinajstić information content (AvgIpc) is 4.13. The number of hydrogen-bond donors (Lipinski definition) is 1. The molecule has 6 aromatic rings. The monoisotopic (exact) mass is 1030 g/mol. The van der Waals surface area contributed by atoms with Crippen molar-refractivity contribution in [2.24, 2.45) is 14.1 Å². The number of halogens is 2. The number of piperazine rings is 1. The Morgan fingerprint density at radius 2 is 1.47 bits per heavy atom. The Balaban J connectivity index is 0.939. The number of aromatic nitrogens is 2. The number of likely N-dealkylation sites (tertiary alicyclic amines) is 1. The maximum atomic E-state index is 15.7. The van der Waals surface area contributed by atoms with Gasteiger partial charge in [-0.05, 0) is 141 Å². The molecule has 0 spiro atoms. The summed E-state index contributed by atoms with van der Waals surface area (Å²) in [6.07, 6.45) is 1.47. The summed E-state index contributed by atoms with van der Waals surface area (Å²) >= 11 is 0. The summed E-state index contributed by atoms with van der Waals surface area (Å²) in [5.74, 6) is 0.305. The lowest BCUT2D eigenvalue weighted by molar-refractivity contribution is -0.131. The number of fused-ring (bicyclic) bond motifs is 2. The zero-order valence-electron chi connectivity index (χ0n) is 44.0. The number of benzene rings is 4. The molecule has 10 rings (SSSR count).